The number of carbonyl (C=O) groups is 1. The van der Waals surface area contributed by atoms with Crippen molar-refractivity contribution in [3.8, 4) is 11.5 Å². The Labute approximate surface area is 189 Å². The minimum Gasteiger partial charge on any atom is -0.493 e. The first-order chi connectivity index (χ1) is 15.0. The molecule has 7 heteroatoms. The number of ether oxygens (including phenoxy) is 2. The molecule has 1 aromatic heterocycles. The van der Waals surface area contributed by atoms with Crippen molar-refractivity contribution in [2.24, 2.45) is 0 Å². The van der Waals surface area contributed by atoms with Crippen molar-refractivity contribution in [1.82, 2.24) is 14.5 Å². The van der Waals surface area contributed by atoms with Crippen molar-refractivity contribution in [3.05, 3.63) is 34.6 Å². The predicted molar refractivity (Wildman–Crippen MR) is 123 cm³/mol. The van der Waals surface area contributed by atoms with Gasteiger partial charge in [-0.1, -0.05) is 31.0 Å². The molecule has 2 aromatic rings. The first-order valence-electron chi connectivity index (χ1n) is 11.2. The van der Waals surface area contributed by atoms with Crippen LogP contribution in [0.1, 0.15) is 60.7 Å². The average Bonchev–Trinajstić information content (AvgIpc) is 3.09. The van der Waals surface area contributed by atoms with E-state index in [9.17, 15) is 4.79 Å². The van der Waals surface area contributed by atoms with Crippen LogP contribution in [0.3, 0.4) is 0 Å². The highest BCUT2D eigenvalue weighted by Gasteiger charge is 2.25. The van der Waals surface area contributed by atoms with E-state index in [2.05, 4.69) is 18.4 Å². The van der Waals surface area contributed by atoms with Crippen molar-refractivity contribution in [3.63, 3.8) is 0 Å². The fraction of sp³-hybridized carbons (Fsp3) is 0.583. The van der Waals surface area contributed by atoms with Gasteiger partial charge in [0.2, 0.25) is 5.91 Å². The zero-order chi connectivity index (χ0) is 22.0. The normalized spacial score (nSPS) is 16.8. The third-order valence-corrected chi connectivity index (χ3v) is 7.63. The van der Waals surface area contributed by atoms with Crippen molar-refractivity contribution < 1.29 is 14.3 Å². The van der Waals surface area contributed by atoms with Gasteiger partial charge in [0, 0.05) is 24.8 Å². The van der Waals surface area contributed by atoms with Gasteiger partial charge in [0.1, 0.15) is 0 Å². The third kappa shape index (κ3) is 4.56. The van der Waals surface area contributed by atoms with E-state index in [1.807, 2.05) is 17.0 Å². The fourth-order valence-corrected chi connectivity index (χ4v) is 5.84. The number of hydrogen-bond donors (Lipinski definition) is 0. The first-order valence-corrected chi connectivity index (χ1v) is 12.2. The number of aromatic nitrogens is 2. The molecular weight excluding hydrogens is 410 g/mol. The van der Waals surface area contributed by atoms with Gasteiger partial charge in [0.25, 0.3) is 0 Å². The van der Waals surface area contributed by atoms with Crippen LogP contribution in [-0.4, -0.2) is 46.9 Å². The molecule has 1 aliphatic carbocycles. The van der Waals surface area contributed by atoms with Gasteiger partial charge >= 0.3 is 0 Å². The highest BCUT2D eigenvalue weighted by atomic mass is 32.2. The van der Waals surface area contributed by atoms with Crippen LogP contribution in [-0.2, 0) is 17.8 Å². The van der Waals surface area contributed by atoms with E-state index in [1.54, 1.807) is 26.0 Å². The first kappa shape index (κ1) is 22.1. The Hall–Kier alpha value is -2.15. The second kappa shape index (κ2) is 9.55. The van der Waals surface area contributed by atoms with Gasteiger partial charge < -0.3 is 18.9 Å². The molecule has 0 saturated heterocycles. The Morgan fingerprint density at radius 1 is 1.10 bits per heavy atom. The average molecular weight is 444 g/mol. The zero-order valence-electron chi connectivity index (χ0n) is 19.1. The molecule has 0 spiro atoms. The molecule has 0 bridgehead atoms. The molecule has 0 atom stereocenters. The molecule has 1 amide bonds. The molecule has 0 unspecified atom stereocenters. The molecule has 2 heterocycles. The number of hydrogen-bond acceptors (Lipinski definition) is 5. The summed E-state index contributed by atoms with van der Waals surface area (Å²) in [6, 6.07) is 4.57. The van der Waals surface area contributed by atoms with E-state index < -0.39 is 0 Å². The number of amides is 1. The predicted octanol–water partition coefficient (Wildman–Crippen LogP) is 4.70. The van der Waals surface area contributed by atoms with Crippen LogP contribution in [0.15, 0.2) is 17.3 Å². The molecule has 1 saturated carbocycles. The lowest BCUT2D eigenvalue weighted by atomic mass is 9.95. The van der Waals surface area contributed by atoms with E-state index in [1.165, 1.54) is 43.4 Å². The SMILES string of the molecule is COc1cc2c(cc1OC)CN(C(=O)CSc1nc(C)c(C)n1C1CCCCC1)CC2. The molecule has 0 N–H and O–H groups in total. The second-order valence-corrected chi connectivity index (χ2v) is 9.50. The maximum Gasteiger partial charge on any atom is 0.233 e. The second-order valence-electron chi connectivity index (χ2n) is 8.56. The maximum atomic E-state index is 13.1. The lowest BCUT2D eigenvalue weighted by Crippen LogP contribution is -2.37. The number of fused-ring (bicyclic) bond motifs is 1. The van der Waals surface area contributed by atoms with Crippen molar-refractivity contribution >= 4 is 17.7 Å². The number of nitrogens with zero attached hydrogens (tertiary/aromatic N) is 3. The number of carbonyl (C=O) groups excluding carboxylic acids is 1. The van der Waals surface area contributed by atoms with E-state index in [4.69, 9.17) is 14.5 Å². The minimum absolute atomic E-state index is 0.166. The monoisotopic (exact) mass is 443 g/mol. The summed E-state index contributed by atoms with van der Waals surface area (Å²) in [7, 11) is 3.30. The minimum atomic E-state index is 0.166. The van der Waals surface area contributed by atoms with Gasteiger partial charge in [-0.25, -0.2) is 4.98 Å². The van der Waals surface area contributed by atoms with Gasteiger partial charge in [-0.15, -0.1) is 0 Å². The molecule has 1 fully saturated rings. The lowest BCUT2D eigenvalue weighted by molar-refractivity contribution is -0.129. The standard InChI is InChI=1S/C24H33N3O3S/c1-16-17(2)27(20-8-6-5-7-9-20)24(25-16)31-15-23(28)26-11-10-18-12-21(29-3)22(30-4)13-19(18)14-26/h12-13,20H,5-11,14-15H2,1-4H3. The van der Waals surface area contributed by atoms with Gasteiger partial charge in [-0.3, -0.25) is 4.79 Å². The number of thioether (sulfide) groups is 1. The summed E-state index contributed by atoms with van der Waals surface area (Å²) in [6.45, 7) is 5.58. The highest BCUT2D eigenvalue weighted by molar-refractivity contribution is 7.99. The Morgan fingerprint density at radius 3 is 2.45 bits per heavy atom. The van der Waals surface area contributed by atoms with Crippen LogP contribution in [0.4, 0.5) is 0 Å². The van der Waals surface area contributed by atoms with E-state index in [0.717, 1.165) is 35.1 Å². The lowest BCUT2D eigenvalue weighted by Gasteiger charge is -2.30. The summed E-state index contributed by atoms with van der Waals surface area (Å²) in [5.41, 5.74) is 4.69. The van der Waals surface area contributed by atoms with Crippen molar-refractivity contribution in [1.29, 1.82) is 0 Å². The fourth-order valence-electron chi connectivity index (χ4n) is 4.78. The zero-order valence-corrected chi connectivity index (χ0v) is 19.9. The van der Waals surface area contributed by atoms with Gasteiger partial charge in [0.15, 0.2) is 16.7 Å². The van der Waals surface area contributed by atoms with Crippen LogP contribution in [0.5, 0.6) is 11.5 Å². The molecule has 1 aromatic carbocycles. The maximum absolute atomic E-state index is 13.1. The third-order valence-electron chi connectivity index (χ3n) is 6.69. The number of methoxy groups -OCH3 is 2. The Bertz CT molecular complexity index is 950. The number of imidazole rings is 1. The Kier molecular flexibility index (Phi) is 6.80. The quantitative estimate of drug-likeness (QED) is 0.606. The summed E-state index contributed by atoms with van der Waals surface area (Å²) >= 11 is 1.59. The molecule has 31 heavy (non-hydrogen) atoms. The van der Waals surface area contributed by atoms with Crippen LogP contribution in [0.2, 0.25) is 0 Å². The molecule has 2 aliphatic rings. The van der Waals surface area contributed by atoms with Crippen LogP contribution in [0, 0.1) is 13.8 Å². The molecule has 1 aliphatic heterocycles. The van der Waals surface area contributed by atoms with Gasteiger partial charge in [0.05, 0.1) is 25.7 Å². The van der Waals surface area contributed by atoms with Gasteiger partial charge in [-0.05, 0) is 56.4 Å². The van der Waals surface area contributed by atoms with Crippen LogP contribution >= 0.6 is 11.8 Å². The summed E-state index contributed by atoms with van der Waals surface area (Å²) in [4.78, 5) is 19.8. The molecule has 0 radical (unpaired) electrons. The van der Waals surface area contributed by atoms with Crippen molar-refractivity contribution in [2.45, 2.75) is 70.1 Å². The van der Waals surface area contributed by atoms with Gasteiger partial charge in [-0.2, -0.15) is 0 Å². The number of rotatable bonds is 6. The van der Waals surface area contributed by atoms with E-state index >= 15 is 0 Å². The summed E-state index contributed by atoms with van der Waals surface area (Å²) in [5.74, 6) is 2.05. The Balaban J connectivity index is 1.44. The molecule has 4 rings (SSSR count). The van der Waals surface area contributed by atoms with E-state index in [-0.39, 0.29) is 5.91 Å². The smallest absolute Gasteiger partial charge is 0.233 e. The number of benzene rings is 1. The molecule has 6 nitrogen and oxygen atoms in total. The number of aryl methyl sites for hydroxylation is 1. The van der Waals surface area contributed by atoms with Crippen molar-refractivity contribution in [2.75, 3.05) is 26.5 Å². The van der Waals surface area contributed by atoms with Crippen LogP contribution < -0.4 is 9.47 Å². The largest absolute Gasteiger partial charge is 0.493 e. The Morgan fingerprint density at radius 2 is 1.77 bits per heavy atom. The topological polar surface area (TPSA) is 56.6 Å². The summed E-state index contributed by atoms with van der Waals surface area (Å²) < 4.78 is 13.3. The summed E-state index contributed by atoms with van der Waals surface area (Å²) in [5, 5.41) is 0.999. The van der Waals surface area contributed by atoms with Crippen LogP contribution in [0.25, 0.3) is 0 Å². The summed E-state index contributed by atoms with van der Waals surface area (Å²) in [6.07, 6.45) is 7.16. The van der Waals surface area contributed by atoms with E-state index in [0.29, 0.717) is 24.1 Å². The molecular formula is C24H33N3O3S. The highest BCUT2D eigenvalue weighted by Crippen LogP contribution is 2.35. The molecule has 168 valence electrons.